The fourth-order valence-electron chi connectivity index (χ4n) is 4.68. The van der Waals surface area contributed by atoms with Crippen LogP contribution in [0.1, 0.15) is 38.8 Å². The normalized spacial score (nSPS) is 15.0. The molecule has 2 aliphatic heterocycles. The van der Waals surface area contributed by atoms with Gasteiger partial charge in [0.05, 0.1) is 25.4 Å². The molecule has 184 valence electrons. The lowest BCUT2D eigenvalue weighted by Crippen LogP contribution is -2.33. The highest BCUT2D eigenvalue weighted by Gasteiger charge is 2.37. The van der Waals surface area contributed by atoms with Gasteiger partial charge in [-0.3, -0.25) is 0 Å². The van der Waals surface area contributed by atoms with E-state index in [1.165, 1.54) is 16.8 Å². The first-order valence-corrected chi connectivity index (χ1v) is 12.3. The van der Waals surface area contributed by atoms with E-state index in [1.54, 1.807) is 26.4 Å². The van der Waals surface area contributed by atoms with Gasteiger partial charge in [-0.25, -0.2) is 0 Å². The summed E-state index contributed by atoms with van der Waals surface area (Å²) >= 11 is 3.97. The second kappa shape index (κ2) is 9.78. The maximum atomic E-state index is 9.93. The number of phenols is 1. The number of benzene rings is 3. The third kappa shape index (κ3) is 4.94. The van der Waals surface area contributed by atoms with Crippen LogP contribution in [0.5, 0.6) is 17.2 Å². The first-order valence-electron chi connectivity index (χ1n) is 11.8. The van der Waals surface area contributed by atoms with Gasteiger partial charge in [-0.2, -0.15) is 12.6 Å². The Labute approximate surface area is 213 Å². The Morgan fingerprint density at radius 1 is 0.971 bits per heavy atom. The summed E-state index contributed by atoms with van der Waals surface area (Å²) in [4.78, 5) is 2.33. The Kier molecular flexibility index (Phi) is 6.95. The summed E-state index contributed by atoms with van der Waals surface area (Å²) < 4.78 is 11.3. The Bertz CT molecular complexity index is 1260. The highest BCUT2D eigenvalue weighted by molar-refractivity contribution is 7.80. The summed E-state index contributed by atoms with van der Waals surface area (Å²) in [7, 11) is 3.34. The second-order valence-corrected chi connectivity index (χ2v) is 10.7. The topological polar surface area (TPSA) is 54.0 Å². The average Bonchev–Trinajstić information content (AvgIpc) is 3.18. The van der Waals surface area contributed by atoms with E-state index in [-0.39, 0.29) is 11.3 Å². The third-order valence-corrected chi connectivity index (χ3v) is 5.98. The monoisotopic (exact) mass is 490 g/mol. The van der Waals surface area contributed by atoms with Gasteiger partial charge >= 0.3 is 0 Å². The van der Waals surface area contributed by atoms with Gasteiger partial charge in [0, 0.05) is 35.1 Å². The van der Waals surface area contributed by atoms with E-state index in [0.717, 1.165) is 28.3 Å². The van der Waals surface area contributed by atoms with Crippen LogP contribution in [0.3, 0.4) is 0 Å². The van der Waals surface area contributed by atoms with Crippen molar-refractivity contribution in [1.82, 2.24) is 0 Å². The summed E-state index contributed by atoms with van der Waals surface area (Å²) in [6, 6.07) is 17.7. The molecular formula is C29H34N2O3S. The molecule has 0 spiro atoms. The molecule has 0 fully saturated rings. The second-order valence-electron chi connectivity index (χ2n) is 9.63. The Morgan fingerprint density at radius 3 is 2.31 bits per heavy atom. The van der Waals surface area contributed by atoms with Gasteiger partial charge in [0.15, 0.2) is 0 Å². The predicted molar refractivity (Wildman–Crippen MR) is 149 cm³/mol. The summed E-state index contributed by atoms with van der Waals surface area (Å²) in [5.41, 5.74) is 7.65. The van der Waals surface area contributed by atoms with E-state index in [9.17, 15) is 5.11 Å². The van der Waals surface area contributed by atoms with Crippen LogP contribution in [-0.4, -0.2) is 30.1 Å². The predicted octanol–water partition coefficient (Wildman–Crippen LogP) is 6.97. The minimum absolute atomic E-state index is 0.179. The number of phenolic OH excluding ortho intramolecular Hbond substituents is 1. The van der Waals surface area contributed by atoms with Crippen LogP contribution < -0.4 is 19.7 Å². The molecule has 0 unspecified atom stereocenters. The number of nitrogens with zero attached hydrogens (tertiary/aromatic N) is 1. The van der Waals surface area contributed by atoms with Crippen LogP contribution in [0.25, 0.3) is 16.8 Å². The van der Waals surface area contributed by atoms with Crippen molar-refractivity contribution in [3.63, 3.8) is 0 Å². The molecule has 35 heavy (non-hydrogen) atoms. The number of aromatic hydroxyl groups is 1. The molecule has 0 radical (unpaired) electrons. The molecule has 3 aromatic carbocycles. The number of thiol groups is 1. The molecule has 0 atom stereocenters. The van der Waals surface area contributed by atoms with E-state index < -0.39 is 0 Å². The summed E-state index contributed by atoms with van der Waals surface area (Å²) in [5, 5.41) is 14.1. The highest BCUT2D eigenvalue weighted by Crippen LogP contribution is 2.51. The number of ether oxygens (including phenoxy) is 2. The van der Waals surface area contributed by atoms with Crippen LogP contribution in [0.15, 0.2) is 60.7 Å². The van der Waals surface area contributed by atoms with Crippen LogP contribution in [0.4, 0.5) is 11.4 Å². The van der Waals surface area contributed by atoms with Crippen LogP contribution in [0, 0.1) is 0 Å². The third-order valence-electron chi connectivity index (χ3n) is 5.98. The number of anilines is 2. The molecule has 6 heteroatoms. The number of nitrogens with one attached hydrogen (secondary N) is 1. The highest BCUT2D eigenvalue weighted by atomic mass is 32.1. The van der Waals surface area contributed by atoms with Crippen molar-refractivity contribution < 1.29 is 14.6 Å². The van der Waals surface area contributed by atoms with E-state index in [1.807, 2.05) is 38.1 Å². The first-order chi connectivity index (χ1) is 16.6. The lowest BCUT2D eigenvalue weighted by Gasteiger charge is -2.33. The molecule has 0 bridgehead atoms. The van der Waals surface area contributed by atoms with Crippen LogP contribution in [0.2, 0.25) is 0 Å². The fraction of sp³-hybridized carbons (Fsp3) is 0.310. The Morgan fingerprint density at radius 2 is 1.63 bits per heavy atom. The van der Waals surface area contributed by atoms with E-state index in [2.05, 4.69) is 61.0 Å². The maximum absolute atomic E-state index is 9.93. The Hall–Kier alpha value is -3.25. The fourth-order valence-corrected chi connectivity index (χ4v) is 4.68. The minimum Gasteiger partial charge on any atom is -0.508 e. The molecule has 2 aliphatic rings. The van der Waals surface area contributed by atoms with Gasteiger partial charge in [-0.15, -0.1) is 0 Å². The number of hydrogen-bond acceptors (Lipinski definition) is 6. The summed E-state index contributed by atoms with van der Waals surface area (Å²) in [6.07, 6.45) is 2.29. The van der Waals surface area contributed by atoms with E-state index in [4.69, 9.17) is 9.47 Å². The zero-order chi connectivity index (χ0) is 25.3. The van der Waals surface area contributed by atoms with Gasteiger partial charge in [-0.05, 0) is 66.6 Å². The van der Waals surface area contributed by atoms with Crippen LogP contribution >= 0.6 is 12.6 Å². The van der Waals surface area contributed by atoms with Gasteiger partial charge in [-0.1, -0.05) is 32.0 Å². The first kappa shape index (κ1) is 24.9. The Balaban J connectivity index is 0.000000672. The van der Waals surface area contributed by atoms with Crippen molar-refractivity contribution in [2.24, 2.45) is 0 Å². The number of para-hydroxylation sites is 2. The summed E-state index contributed by atoms with van der Waals surface area (Å²) in [6.45, 7) is 9.13. The molecule has 0 amide bonds. The van der Waals surface area contributed by atoms with Crippen molar-refractivity contribution in [3.8, 4) is 28.4 Å². The summed E-state index contributed by atoms with van der Waals surface area (Å²) in [5.74, 6) is 1.69. The van der Waals surface area contributed by atoms with Crippen molar-refractivity contribution >= 4 is 29.7 Å². The molecule has 5 nitrogen and oxygen atoms in total. The number of rotatable bonds is 4. The van der Waals surface area contributed by atoms with Gasteiger partial charge < -0.3 is 24.8 Å². The molecular weight excluding hydrogens is 456 g/mol. The maximum Gasteiger partial charge on any atom is 0.142 e. The van der Waals surface area contributed by atoms with E-state index >= 15 is 0 Å². The quantitative estimate of drug-likeness (QED) is 0.345. The molecule has 2 heterocycles. The standard InChI is InChI=1S/C26H26N2O3.C3H8S/c1-26(2)14-22-25-19(15-28(22)21-7-5-6-8-23(21)30-3)17(11-12-20(25)27-26)18-10-9-16(29)13-24(18)31-4;1-3(2)4/h5-14,27,29H,15H2,1-4H3;3-4H,1-2H3. The molecule has 3 aromatic rings. The molecule has 0 saturated heterocycles. The zero-order valence-electron chi connectivity index (χ0n) is 21.2. The SMILES string of the molecule is CC(C)S.COc1cc(O)ccc1-c1ccc2c3c1CN(c1ccccc1OC)C3=CC(C)(C)N2. The molecule has 0 saturated carbocycles. The molecule has 0 aliphatic carbocycles. The van der Waals surface area contributed by atoms with Crippen molar-refractivity contribution in [1.29, 1.82) is 0 Å². The smallest absolute Gasteiger partial charge is 0.142 e. The molecule has 2 N–H and O–H groups in total. The average molecular weight is 491 g/mol. The lowest BCUT2D eigenvalue weighted by molar-refractivity contribution is 0.409. The lowest BCUT2D eigenvalue weighted by atomic mass is 9.89. The minimum atomic E-state index is -0.179. The number of hydrogen-bond donors (Lipinski definition) is 3. The van der Waals surface area contributed by atoms with Gasteiger partial charge in [0.1, 0.15) is 17.2 Å². The van der Waals surface area contributed by atoms with Gasteiger partial charge in [0.25, 0.3) is 0 Å². The van der Waals surface area contributed by atoms with Gasteiger partial charge in [0.2, 0.25) is 0 Å². The molecule has 5 rings (SSSR count). The number of methoxy groups -OCH3 is 2. The van der Waals surface area contributed by atoms with E-state index in [0.29, 0.717) is 17.5 Å². The molecule has 0 aromatic heterocycles. The zero-order valence-corrected chi connectivity index (χ0v) is 22.1. The van der Waals surface area contributed by atoms with Crippen molar-refractivity contribution in [2.75, 3.05) is 24.4 Å². The van der Waals surface area contributed by atoms with Crippen LogP contribution in [-0.2, 0) is 6.54 Å². The van der Waals surface area contributed by atoms with Crippen molar-refractivity contribution in [3.05, 3.63) is 71.8 Å². The largest absolute Gasteiger partial charge is 0.508 e. The van der Waals surface area contributed by atoms with Crippen molar-refractivity contribution in [2.45, 2.75) is 45.0 Å².